The van der Waals surface area contributed by atoms with Crippen LogP contribution in [0.4, 0.5) is 4.39 Å². The summed E-state index contributed by atoms with van der Waals surface area (Å²) in [5.74, 6) is 5.99. The third kappa shape index (κ3) is 2.81. The molecule has 20 heavy (non-hydrogen) atoms. The van der Waals surface area contributed by atoms with Crippen LogP contribution in [0.5, 0.6) is 5.75 Å². The van der Waals surface area contributed by atoms with Crippen molar-refractivity contribution in [2.24, 2.45) is 5.84 Å². The molecule has 2 aromatic rings. The lowest BCUT2D eigenvalue weighted by Gasteiger charge is -2.22. The van der Waals surface area contributed by atoms with Crippen molar-refractivity contribution in [2.75, 3.05) is 7.11 Å². The van der Waals surface area contributed by atoms with E-state index in [-0.39, 0.29) is 11.9 Å². The summed E-state index contributed by atoms with van der Waals surface area (Å²) in [4.78, 5) is 0. The first-order valence-electron chi connectivity index (χ1n) is 6.43. The SMILES string of the molecule is COc1ccc(F)cc1C(NN)c1cc(C)ccc1C. The Labute approximate surface area is 118 Å². The van der Waals surface area contributed by atoms with Crippen molar-refractivity contribution in [2.45, 2.75) is 19.9 Å². The van der Waals surface area contributed by atoms with E-state index in [0.717, 1.165) is 16.7 Å². The lowest BCUT2D eigenvalue weighted by molar-refractivity contribution is 0.402. The van der Waals surface area contributed by atoms with Gasteiger partial charge in [0.15, 0.2) is 0 Å². The Balaban J connectivity index is 2.57. The fourth-order valence-electron chi connectivity index (χ4n) is 2.35. The minimum Gasteiger partial charge on any atom is -0.496 e. The van der Waals surface area contributed by atoms with Gasteiger partial charge in [0, 0.05) is 5.56 Å². The number of ether oxygens (including phenoxy) is 1. The highest BCUT2D eigenvalue weighted by Gasteiger charge is 2.19. The molecule has 0 heterocycles. The molecule has 2 rings (SSSR count). The maximum absolute atomic E-state index is 13.6. The Morgan fingerprint density at radius 1 is 1.10 bits per heavy atom. The summed E-state index contributed by atoms with van der Waals surface area (Å²) in [6, 6.07) is 10.2. The van der Waals surface area contributed by atoms with Gasteiger partial charge in [-0.25, -0.2) is 9.82 Å². The molecular formula is C16H19FN2O. The van der Waals surface area contributed by atoms with Crippen molar-refractivity contribution in [3.05, 3.63) is 64.5 Å². The van der Waals surface area contributed by atoms with E-state index in [1.165, 1.54) is 12.1 Å². The van der Waals surface area contributed by atoms with Gasteiger partial charge < -0.3 is 4.74 Å². The van der Waals surface area contributed by atoms with E-state index in [0.29, 0.717) is 11.3 Å². The average molecular weight is 274 g/mol. The van der Waals surface area contributed by atoms with Gasteiger partial charge in [-0.3, -0.25) is 5.84 Å². The number of hydrazine groups is 1. The van der Waals surface area contributed by atoms with Crippen molar-refractivity contribution in [1.29, 1.82) is 0 Å². The van der Waals surface area contributed by atoms with E-state index >= 15 is 0 Å². The molecule has 0 fully saturated rings. The molecule has 0 aliphatic rings. The Hall–Kier alpha value is -1.91. The smallest absolute Gasteiger partial charge is 0.124 e. The molecule has 2 aromatic carbocycles. The molecule has 0 saturated carbocycles. The molecule has 0 aliphatic carbocycles. The van der Waals surface area contributed by atoms with E-state index in [2.05, 4.69) is 5.43 Å². The van der Waals surface area contributed by atoms with Gasteiger partial charge >= 0.3 is 0 Å². The predicted octanol–water partition coefficient (Wildman–Crippen LogP) is 3.00. The van der Waals surface area contributed by atoms with Crippen molar-refractivity contribution in [3.8, 4) is 5.75 Å². The van der Waals surface area contributed by atoms with Crippen LogP contribution in [0.15, 0.2) is 36.4 Å². The van der Waals surface area contributed by atoms with Crippen molar-refractivity contribution >= 4 is 0 Å². The Bertz CT molecular complexity index is 613. The zero-order chi connectivity index (χ0) is 14.7. The van der Waals surface area contributed by atoms with E-state index < -0.39 is 0 Å². The van der Waals surface area contributed by atoms with Crippen LogP contribution < -0.4 is 16.0 Å². The summed E-state index contributed by atoms with van der Waals surface area (Å²) in [5.41, 5.74) is 6.67. The summed E-state index contributed by atoms with van der Waals surface area (Å²) in [6.07, 6.45) is 0. The number of nitrogens with two attached hydrogens (primary N) is 1. The average Bonchev–Trinajstić information content (AvgIpc) is 2.44. The molecule has 0 aliphatic heterocycles. The molecule has 0 aromatic heterocycles. The molecular weight excluding hydrogens is 255 g/mol. The molecule has 0 radical (unpaired) electrons. The quantitative estimate of drug-likeness (QED) is 0.665. The number of rotatable bonds is 4. The van der Waals surface area contributed by atoms with E-state index in [1.807, 2.05) is 32.0 Å². The lowest BCUT2D eigenvalue weighted by atomic mass is 9.93. The van der Waals surface area contributed by atoms with Crippen molar-refractivity contribution in [3.63, 3.8) is 0 Å². The second kappa shape index (κ2) is 6.03. The van der Waals surface area contributed by atoms with E-state index in [4.69, 9.17) is 10.6 Å². The van der Waals surface area contributed by atoms with Gasteiger partial charge in [0.25, 0.3) is 0 Å². The largest absolute Gasteiger partial charge is 0.496 e. The minimum atomic E-state index is -0.319. The number of aryl methyl sites for hydroxylation is 2. The summed E-state index contributed by atoms with van der Waals surface area (Å²) in [7, 11) is 1.56. The molecule has 3 N–H and O–H groups in total. The second-order valence-corrected chi connectivity index (χ2v) is 4.85. The van der Waals surface area contributed by atoms with Gasteiger partial charge in [-0.1, -0.05) is 23.8 Å². The van der Waals surface area contributed by atoms with Crippen LogP contribution in [0.1, 0.15) is 28.3 Å². The number of hydrogen-bond donors (Lipinski definition) is 2. The summed E-state index contributed by atoms with van der Waals surface area (Å²) < 4.78 is 18.9. The summed E-state index contributed by atoms with van der Waals surface area (Å²) in [6.45, 7) is 4.02. The monoisotopic (exact) mass is 274 g/mol. The van der Waals surface area contributed by atoms with Crippen LogP contribution >= 0.6 is 0 Å². The number of methoxy groups -OCH3 is 1. The zero-order valence-electron chi connectivity index (χ0n) is 11.9. The third-order valence-electron chi connectivity index (χ3n) is 3.42. The number of nitrogens with one attached hydrogen (secondary N) is 1. The van der Waals surface area contributed by atoms with Crippen LogP contribution in [0.2, 0.25) is 0 Å². The van der Waals surface area contributed by atoms with Crippen LogP contribution in [-0.4, -0.2) is 7.11 Å². The Kier molecular flexibility index (Phi) is 4.37. The topological polar surface area (TPSA) is 47.3 Å². The molecule has 4 heteroatoms. The third-order valence-corrected chi connectivity index (χ3v) is 3.42. The molecule has 3 nitrogen and oxygen atoms in total. The fraction of sp³-hybridized carbons (Fsp3) is 0.250. The van der Waals surface area contributed by atoms with Gasteiger partial charge in [0.1, 0.15) is 11.6 Å². The van der Waals surface area contributed by atoms with Crippen LogP contribution in [-0.2, 0) is 0 Å². The van der Waals surface area contributed by atoms with Gasteiger partial charge in [-0.15, -0.1) is 0 Å². The highest BCUT2D eigenvalue weighted by Crippen LogP contribution is 2.32. The summed E-state index contributed by atoms with van der Waals surface area (Å²) in [5, 5.41) is 0. The van der Waals surface area contributed by atoms with Crippen LogP contribution in [0.3, 0.4) is 0 Å². The van der Waals surface area contributed by atoms with E-state index in [9.17, 15) is 4.39 Å². The number of halogens is 1. The Morgan fingerprint density at radius 2 is 1.85 bits per heavy atom. The van der Waals surface area contributed by atoms with Crippen LogP contribution in [0, 0.1) is 19.7 Å². The van der Waals surface area contributed by atoms with E-state index in [1.54, 1.807) is 13.2 Å². The van der Waals surface area contributed by atoms with Crippen molar-refractivity contribution < 1.29 is 9.13 Å². The van der Waals surface area contributed by atoms with Crippen LogP contribution in [0.25, 0.3) is 0 Å². The molecule has 1 atom stereocenters. The van der Waals surface area contributed by atoms with Gasteiger partial charge in [-0.2, -0.15) is 0 Å². The molecule has 0 spiro atoms. The Morgan fingerprint density at radius 3 is 2.50 bits per heavy atom. The molecule has 106 valence electrons. The molecule has 1 unspecified atom stereocenters. The standard InChI is InChI=1S/C16H19FN2O/c1-10-4-5-11(2)13(8-10)16(19-18)14-9-12(17)6-7-15(14)20-3/h4-9,16,19H,18H2,1-3H3. The summed E-state index contributed by atoms with van der Waals surface area (Å²) >= 11 is 0. The number of benzene rings is 2. The lowest BCUT2D eigenvalue weighted by Crippen LogP contribution is -2.30. The predicted molar refractivity (Wildman–Crippen MR) is 78.0 cm³/mol. The minimum absolute atomic E-state index is 0.314. The molecule has 0 amide bonds. The molecule has 0 bridgehead atoms. The maximum Gasteiger partial charge on any atom is 0.124 e. The maximum atomic E-state index is 13.6. The second-order valence-electron chi connectivity index (χ2n) is 4.85. The van der Waals surface area contributed by atoms with Crippen molar-refractivity contribution in [1.82, 2.24) is 5.43 Å². The highest BCUT2D eigenvalue weighted by molar-refractivity contribution is 5.45. The zero-order valence-corrected chi connectivity index (χ0v) is 11.9. The fourth-order valence-corrected chi connectivity index (χ4v) is 2.35. The number of hydrogen-bond acceptors (Lipinski definition) is 3. The first-order chi connectivity index (χ1) is 9.56. The van der Waals surface area contributed by atoms with Gasteiger partial charge in [0.2, 0.25) is 0 Å². The van der Waals surface area contributed by atoms with Gasteiger partial charge in [0.05, 0.1) is 13.2 Å². The normalized spacial score (nSPS) is 12.2. The first-order valence-corrected chi connectivity index (χ1v) is 6.43. The highest BCUT2D eigenvalue weighted by atomic mass is 19.1. The molecule has 0 saturated heterocycles. The first kappa shape index (κ1) is 14.5. The van der Waals surface area contributed by atoms with Gasteiger partial charge in [-0.05, 0) is 43.2 Å².